The van der Waals surface area contributed by atoms with Crippen molar-refractivity contribution in [1.29, 1.82) is 0 Å². The van der Waals surface area contributed by atoms with E-state index in [0.717, 1.165) is 17.7 Å². The van der Waals surface area contributed by atoms with Crippen LogP contribution in [0.5, 0.6) is 0 Å². The van der Waals surface area contributed by atoms with E-state index in [1.807, 2.05) is 0 Å². The number of alkyl halides is 1. The number of imidazole rings is 2. The Kier molecular flexibility index (Phi) is 28.2. The number of nitrogen functional groups attached to an aromatic ring is 1. The van der Waals surface area contributed by atoms with Crippen molar-refractivity contribution in [3.63, 3.8) is 0 Å². The van der Waals surface area contributed by atoms with Crippen molar-refractivity contribution in [3.05, 3.63) is 95.3 Å². The summed E-state index contributed by atoms with van der Waals surface area (Å²) in [6.45, 7) is 6.31. The van der Waals surface area contributed by atoms with E-state index in [0.29, 0.717) is 22.5 Å². The largest absolute Gasteiger partial charge is 0.444 e. The number of rotatable bonds is 28. The second kappa shape index (κ2) is 36.6. The van der Waals surface area contributed by atoms with E-state index in [9.17, 15) is 43.2 Å². The number of amides is 10. The lowest BCUT2D eigenvalue weighted by Crippen LogP contribution is -2.55. The van der Waals surface area contributed by atoms with Crippen LogP contribution in [-0.2, 0) is 76.9 Å². The van der Waals surface area contributed by atoms with Gasteiger partial charge in [-0.05, 0) is 137 Å². The first-order valence-corrected chi connectivity index (χ1v) is 41.1. The fraction of sp³-hybridized carbons (Fsp3) is 0.545. The van der Waals surface area contributed by atoms with Crippen LogP contribution in [0.25, 0.3) is 22.3 Å². The molecular formula is C66H92FN19O19P2S2. The van der Waals surface area contributed by atoms with E-state index in [-0.39, 0.29) is 96.2 Å². The predicted molar refractivity (Wildman–Crippen MR) is 398 cm³/mol. The predicted octanol–water partition coefficient (Wildman–Crippen LogP) is 6.81. The van der Waals surface area contributed by atoms with Crippen LogP contribution in [0.4, 0.5) is 40.8 Å². The molecule has 2 aromatic carbocycles. The number of primary amides is 2. The van der Waals surface area contributed by atoms with Gasteiger partial charge in [0.25, 0.3) is 5.56 Å². The number of aromatic nitrogens is 8. The summed E-state index contributed by atoms with van der Waals surface area (Å²) in [4.78, 5) is 141. The van der Waals surface area contributed by atoms with Gasteiger partial charge in [-0.2, -0.15) is 0 Å². The Morgan fingerprint density at radius 1 is 0.624 bits per heavy atom. The normalized spacial score (nSPS) is 22.8. The van der Waals surface area contributed by atoms with E-state index >= 15 is 13.5 Å². The van der Waals surface area contributed by atoms with Crippen LogP contribution >= 0.6 is 36.4 Å². The molecule has 2 unspecified atom stereocenters. The monoisotopic (exact) mass is 1600 g/mol. The number of H-pyrrole nitrogens is 1. The number of nitrogens with two attached hydrogens (primary N) is 3. The van der Waals surface area contributed by atoms with Crippen LogP contribution in [-0.4, -0.2) is 179 Å². The Morgan fingerprint density at radius 3 is 1.60 bits per heavy atom. The number of halogens is 1. The topological polar surface area (TPSA) is 526 Å². The zero-order valence-corrected chi connectivity index (χ0v) is 64.8. The Labute approximate surface area is 633 Å². The van der Waals surface area contributed by atoms with Crippen LogP contribution in [0, 0.1) is 11.8 Å². The average Bonchev–Trinajstić information content (AvgIpc) is 1.62. The molecular weight excluding hydrogens is 1510 g/mol. The van der Waals surface area contributed by atoms with Crippen LogP contribution in [0.2, 0.25) is 0 Å². The van der Waals surface area contributed by atoms with Crippen LogP contribution in [0.15, 0.2) is 78.6 Å². The van der Waals surface area contributed by atoms with Gasteiger partial charge < -0.3 is 83.7 Å². The SMILES string of the molecule is CC(C)[C@H](NC(=O)OC(C)(C)C)C(=O)N[C@@H](CCCNC(N)=O)C(=O)Nc1ccc(CSP2(=O)OC[C@H]3O[C@@H](n4cnc5c(=O)[nH]cnc54)C[C@@H]3OP(=O)(SCc3ccc(NC(=O)[C@H](CCCNC(N)=O)NC(=O)[C@@H](NC(=O)OC(C)(C)C)C(C)C)cc3)OC[C@H]3O[C@@H](n4cnc5c(N)ncnc54)[C@H](F)[C@@H]3O2)cc1. The van der Waals surface area contributed by atoms with E-state index in [1.165, 1.54) is 40.2 Å². The van der Waals surface area contributed by atoms with Gasteiger partial charge >= 0.3 is 37.8 Å². The third-order valence-electron chi connectivity index (χ3n) is 16.8. The highest BCUT2D eigenvalue weighted by molar-refractivity contribution is 8.55. The second-order valence-corrected chi connectivity index (χ2v) is 36.4. The highest BCUT2D eigenvalue weighted by Crippen LogP contribution is 2.67. The Balaban J connectivity index is 0.960. The molecule has 0 saturated carbocycles. The number of nitrogens with one attached hydrogen (secondary N) is 9. The van der Waals surface area contributed by atoms with E-state index < -0.39 is 170 Å². The summed E-state index contributed by atoms with van der Waals surface area (Å²) in [5, 5.41) is 21.1. The molecule has 38 nitrogen and oxygen atoms in total. The number of hydrogen-bond acceptors (Lipinski definition) is 27. The molecule has 0 aliphatic carbocycles. The maximum absolute atomic E-state index is 17.8. The number of carbonyl (C=O) groups is 8. The molecule has 13 atom stereocenters. The fourth-order valence-corrected chi connectivity index (χ4v) is 18.3. The summed E-state index contributed by atoms with van der Waals surface area (Å²) in [7, 11) is 0. The highest BCUT2D eigenvalue weighted by Gasteiger charge is 2.54. The quantitative estimate of drug-likeness (QED) is 0.0177. The van der Waals surface area contributed by atoms with Gasteiger partial charge in [0.2, 0.25) is 23.6 Å². The van der Waals surface area contributed by atoms with Crippen LogP contribution in [0.1, 0.15) is 125 Å². The van der Waals surface area contributed by atoms with Gasteiger partial charge in [0.15, 0.2) is 35.0 Å². The van der Waals surface area contributed by atoms with Gasteiger partial charge in [-0.25, -0.2) is 57.6 Å². The smallest absolute Gasteiger partial charge is 0.408 e. The molecule has 4 aromatic heterocycles. The molecule has 43 heteroatoms. The number of fused-ring (bicyclic) bond motifs is 4. The minimum absolute atomic E-state index is 0.0240. The van der Waals surface area contributed by atoms with Crippen molar-refractivity contribution in [2.24, 2.45) is 23.3 Å². The first-order valence-electron chi connectivity index (χ1n) is 34.8. The lowest BCUT2D eigenvalue weighted by Gasteiger charge is -2.30. The molecule has 0 spiro atoms. The van der Waals surface area contributed by atoms with Crippen molar-refractivity contribution < 1.29 is 88.9 Å². The molecule has 594 valence electrons. The number of nitrogens with zero attached hydrogens (tertiary/aromatic N) is 7. The van der Waals surface area contributed by atoms with Gasteiger partial charge in [0.05, 0.1) is 32.2 Å². The number of aromatic amines is 1. The molecule has 0 radical (unpaired) electrons. The lowest BCUT2D eigenvalue weighted by molar-refractivity contribution is -0.128. The van der Waals surface area contributed by atoms with Crippen molar-refractivity contribution in [1.82, 2.24) is 70.9 Å². The van der Waals surface area contributed by atoms with Gasteiger partial charge in [-0.3, -0.25) is 51.2 Å². The van der Waals surface area contributed by atoms with Crippen molar-refractivity contribution in [3.8, 4) is 0 Å². The van der Waals surface area contributed by atoms with Gasteiger partial charge in [-0.1, -0.05) is 52.0 Å². The lowest BCUT2D eigenvalue weighted by atomic mass is 10.0. The Hall–Kier alpha value is -9.05. The number of anilines is 3. The van der Waals surface area contributed by atoms with Crippen LogP contribution in [0.3, 0.4) is 0 Å². The molecule has 9 rings (SSSR count). The van der Waals surface area contributed by atoms with E-state index in [2.05, 4.69) is 72.4 Å². The second-order valence-electron chi connectivity index (χ2n) is 28.4. The van der Waals surface area contributed by atoms with Crippen molar-refractivity contribution in [2.45, 2.75) is 191 Å². The molecule has 3 fully saturated rings. The molecule has 3 aliphatic rings. The Bertz CT molecular complexity index is 4400. The number of ether oxygens (including phenoxy) is 4. The summed E-state index contributed by atoms with van der Waals surface area (Å²) in [6.07, 6.45) is -7.28. The number of carbonyl (C=O) groups excluding carboxylic acids is 8. The van der Waals surface area contributed by atoms with E-state index in [1.54, 1.807) is 106 Å². The molecule has 0 bridgehead atoms. The van der Waals surface area contributed by atoms with Gasteiger partial charge in [0, 0.05) is 42.4 Å². The number of hydrogen-bond donors (Lipinski definition) is 12. The van der Waals surface area contributed by atoms with Gasteiger partial charge in [-0.15, -0.1) is 0 Å². The van der Waals surface area contributed by atoms with E-state index in [4.69, 9.17) is 54.2 Å². The average molecular weight is 1600 g/mol. The molecule has 7 heterocycles. The third-order valence-corrected chi connectivity index (χ3v) is 24.1. The van der Waals surface area contributed by atoms with Crippen LogP contribution < -0.4 is 65.3 Å². The maximum atomic E-state index is 17.8. The summed E-state index contributed by atoms with van der Waals surface area (Å²) in [5.74, 6) is -3.81. The number of benzene rings is 2. The summed E-state index contributed by atoms with van der Waals surface area (Å²) in [5.41, 5.74) is 16.2. The Morgan fingerprint density at radius 2 is 1.10 bits per heavy atom. The zero-order valence-electron chi connectivity index (χ0n) is 61.4. The maximum Gasteiger partial charge on any atom is 0.408 e. The molecule has 3 aliphatic heterocycles. The zero-order chi connectivity index (χ0) is 79.3. The van der Waals surface area contributed by atoms with Crippen molar-refractivity contribution in [2.75, 3.05) is 42.7 Å². The molecule has 15 N–H and O–H groups in total. The van der Waals surface area contributed by atoms with Crippen molar-refractivity contribution >= 4 is 124 Å². The number of alkyl carbamates (subject to hydrolysis) is 2. The number of urea groups is 2. The van der Waals surface area contributed by atoms with Gasteiger partial charge in [0.1, 0.15) is 77.9 Å². The summed E-state index contributed by atoms with van der Waals surface area (Å²) in [6, 6.07) is 6.42. The summed E-state index contributed by atoms with van der Waals surface area (Å²) < 4.78 is 101. The minimum Gasteiger partial charge on any atom is -0.444 e. The third kappa shape index (κ3) is 23.5. The minimum atomic E-state index is -4.70. The standard InChI is InChI=1S/C66H92FN19O19P2S2/c1-34(2)47(83-63(94)102-65(5,6)7)58(90)81-40(13-11-23-71-61(69)92)55(87)79-38-19-15-36(16-20-38)28-108-106(96)99-27-44-51(46(67)60(101-44)86-33-77-49-52(68)73-30-74-53(49)86)105-107(97,98-26-43-42(104-106)25-45(100-43)85-32-78-50-54(85)75-31-76-57(50)89)109-29-37-17-21-39(22-18-37)80-56(88)41(14-12-24-72-62(70)93)82-59(91)48(35(3)4)84-64(95)103-66(8,9)10/h15-22,30-35,40-48,51,60H,11-14,23-29H2,1-10H3,(H,79,87)(H,80,88)(H,81,90)(H,82,91)(H,83,94)(H,84,95)(H2,68,73,74)(H3,69,71,92)(H3,70,72,93)(H,75,76,89)/t40-,41-,42-,43+,44+,45+,46+,47-,48-,51+,60+,106?,107?/m0/s1. The first kappa shape index (κ1) is 84.0. The first-order chi connectivity index (χ1) is 51.4. The molecule has 3 saturated heterocycles. The molecule has 6 aromatic rings. The fourth-order valence-electron chi connectivity index (χ4n) is 11.5. The molecule has 10 amide bonds. The molecule has 109 heavy (non-hydrogen) atoms. The highest BCUT2D eigenvalue weighted by atomic mass is 32.7. The summed E-state index contributed by atoms with van der Waals surface area (Å²) >= 11 is 1.39.